The van der Waals surface area contributed by atoms with Crippen molar-refractivity contribution in [2.24, 2.45) is 11.8 Å². The molecule has 0 radical (unpaired) electrons. The summed E-state index contributed by atoms with van der Waals surface area (Å²) < 4.78 is 0. The molecule has 1 rings (SSSR count). The van der Waals surface area contributed by atoms with Crippen molar-refractivity contribution in [1.82, 2.24) is 0 Å². The van der Waals surface area contributed by atoms with Crippen LogP contribution >= 0.6 is 0 Å². The van der Waals surface area contributed by atoms with E-state index >= 15 is 0 Å². The van der Waals surface area contributed by atoms with Gasteiger partial charge in [-0.25, -0.2) is 0 Å². The molecule has 0 heterocycles. The fourth-order valence-electron chi connectivity index (χ4n) is 2.47. The zero-order valence-corrected chi connectivity index (χ0v) is 15.8. The second kappa shape index (κ2) is 19.7. The first-order chi connectivity index (χ1) is 7.86. The van der Waals surface area contributed by atoms with Crippen LogP contribution in [-0.2, 0) is 0 Å². The Bertz CT molecular complexity index is 116. The Labute approximate surface area is 152 Å². The van der Waals surface area contributed by atoms with Crippen LogP contribution in [0.3, 0.4) is 0 Å². The average molecular weight is 267 g/mol. The van der Waals surface area contributed by atoms with Gasteiger partial charge in [0.25, 0.3) is 0 Å². The van der Waals surface area contributed by atoms with Crippen molar-refractivity contribution in [2.75, 3.05) is 7.11 Å². The second-order valence-corrected chi connectivity index (χ2v) is 4.41. The Morgan fingerprint density at radius 3 is 1.82 bits per heavy atom. The summed E-state index contributed by atoms with van der Waals surface area (Å²) in [7, 11) is 0.750. The van der Waals surface area contributed by atoms with Gasteiger partial charge in [-0.3, -0.25) is 0 Å². The summed E-state index contributed by atoms with van der Waals surface area (Å²) in [5.74, 6) is 2.12. The van der Waals surface area contributed by atoms with Crippen LogP contribution < -0.4 is 56.5 Å². The standard InChI is InChI=1S/C12H24.C2H4.CH3O.K/c1-3-11(4-2)9-10-12-7-5-6-8-12;2*1-2;/h11-12H,3-10H2,1-2H3;1-2H2;1H3;/q;;-1;+1. The molecule has 17 heavy (non-hydrogen) atoms. The molecule has 0 spiro atoms. The van der Waals surface area contributed by atoms with Gasteiger partial charge >= 0.3 is 51.4 Å². The fourth-order valence-corrected chi connectivity index (χ4v) is 2.47. The van der Waals surface area contributed by atoms with E-state index in [0.29, 0.717) is 0 Å². The molecular formula is C15H31KO. The molecule has 1 aliphatic carbocycles. The third kappa shape index (κ3) is 13.6. The summed E-state index contributed by atoms with van der Waals surface area (Å²) in [4.78, 5) is 0. The van der Waals surface area contributed by atoms with Gasteiger partial charge in [-0.1, -0.05) is 65.2 Å². The van der Waals surface area contributed by atoms with Crippen molar-refractivity contribution in [2.45, 2.75) is 65.2 Å². The summed E-state index contributed by atoms with van der Waals surface area (Å²) in [5, 5.41) is 8.25. The van der Waals surface area contributed by atoms with Crippen LogP contribution in [0.5, 0.6) is 0 Å². The zero-order chi connectivity index (χ0) is 12.8. The molecule has 1 fully saturated rings. The van der Waals surface area contributed by atoms with Gasteiger partial charge in [-0.05, 0) is 11.8 Å². The Morgan fingerprint density at radius 2 is 1.47 bits per heavy atom. The quantitative estimate of drug-likeness (QED) is 0.541. The van der Waals surface area contributed by atoms with Crippen molar-refractivity contribution in [3.05, 3.63) is 13.2 Å². The van der Waals surface area contributed by atoms with Crippen LogP contribution in [0.2, 0.25) is 0 Å². The first-order valence-electron chi connectivity index (χ1n) is 6.77. The molecule has 0 aliphatic heterocycles. The van der Waals surface area contributed by atoms with Crippen molar-refractivity contribution >= 4 is 0 Å². The summed E-state index contributed by atoms with van der Waals surface area (Å²) in [6.07, 6.45) is 11.9. The minimum absolute atomic E-state index is 0. The zero-order valence-electron chi connectivity index (χ0n) is 12.6. The third-order valence-electron chi connectivity index (χ3n) is 3.61. The van der Waals surface area contributed by atoms with Crippen LogP contribution in [0.1, 0.15) is 65.2 Å². The third-order valence-corrected chi connectivity index (χ3v) is 3.61. The molecule has 0 aromatic carbocycles. The van der Waals surface area contributed by atoms with Gasteiger partial charge < -0.3 is 5.11 Å². The Morgan fingerprint density at radius 1 is 1.06 bits per heavy atom. The molecule has 0 aromatic heterocycles. The van der Waals surface area contributed by atoms with E-state index < -0.39 is 0 Å². The summed E-state index contributed by atoms with van der Waals surface area (Å²) >= 11 is 0. The predicted octanol–water partition coefficient (Wildman–Crippen LogP) is 1.18. The molecule has 98 valence electrons. The van der Waals surface area contributed by atoms with E-state index in [0.717, 1.165) is 18.9 Å². The smallest absolute Gasteiger partial charge is 0.857 e. The molecule has 0 N–H and O–H groups in total. The summed E-state index contributed by atoms with van der Waals surface area (Å²) in [6, 6.07) is 0. The first-order valence-corrected chi connectivity index (χ1v) is 6.77. The van der Waals surface area contributed by atoms with Crippen LogP contribution in [-0.4, -0.2) is 7.11 Å². The normalized spacial score (nSPS) is 14.2. The van der Waals surface area contributed by atoms with E-state index in [2.05, 4.69) is 27.0 Å². The summed E-state index contributed by atoms with van der Waals surface area (Å²) in [6.45, 7) is 10.7. The van der Waals surface area contributed by atoms with Crippen molar-refractivity contribution in [3.63, 3.8) is 0 Å². The monoisotopic (exact) mass is 266 g/mol. The van der Waals surface area contributed by atoms with E-state index in [-0.39, 0.29) is 51.4 Å². The van der Waals surface area contributed by atoms with Crippen LogP contribution in [0, 0.1) is 11.8 Å². The van der Waals surface area contributed by atoms with Gasteiger partial charge in [0.15, 0.2) is 0 Å². The molecule has 2 heteroatoms. The Balaban J connectivity index is -0.000000355. The second-order valence-electron chi connectivity index (χ2n) is 4.41. The van der Waals surface area contributed by atoms with Gasteiger partial charge in [-0.15, -0.1) is 13.2 Å². The van der Waals surface area contributed by atoms with Gasteiger partial charge in [0.1, 0.15) is 0 Å². The maximum atomic E-state index is 8.25. The Hall–Kier alpha value is 1.34. The van der Waals surface area contributed by atoms with Crippen molar-refractivity contribution in [1.29, 1.82) is 0 Å². The van der Waals surface area contributed by atoms with E-state index in [1.807, 2.05) is 0 Å². The van der Waals surface area contributed by atoms with Crippen molar-refractivity contribution in [3.8, 4) is 0 Å². The van der Waals surface area contributed by atoms with Crippen molar-refractivity contribution < 1.29 is 56.5 Å². The SMILES string of the molecule is C=C.CCC(CC)CCC1CCCC1.C[O-].[K+]. The van der Waals surface area contributed by atoms with E-state index in [1.54, 1.807) is 0 Å². The summed E-state index contributed by atoms with van der Waals surface area (Å²) in [5.41, 5.74) is 0. The van der Waals surface area contributed by atoms with Crippen LogP contribution in [0.15, 0.2) is 13.2 Å². The number of hydrogen-bond acceptors (Lipinski definition) is 1. The largest absolute Gasteiger partial charge is 1.00 e. The molecule has 0 bridgehead atoms. The molecular weight excluding hydrogens is 235 g/mol. The van der Waals surface area contributed by atoms with Gasteiger partial charge in [0, 0.05) is 0 Å². The first kappa shape index (κ1) is 23.4. The van der Waals surface area contributed by atoms with Crippen LogP contribution in [0.25, 0.3) is 0 Å². The minimum atomic E-state index is 0. The minimum Gasteiger partial charge on any atom is -0.857 e. The molecule has 0 unspecified atom stereocenters. The van der Waals surface area contributed by atoms with Crippen LogP contribution in [0.4, 0.5) is 0 Å². The topological polar surface area (TPSA) is 23.1 Å². The van der Waals surface area contributed by atoms with Gasteiger partial charge in [-0.2, -0.15) is 7.11 Å². The van der Waals surface area contributed by atoms with E-state index in [4.69, 9.17) is 5.11 Å². The van der Waals surface area contributed by atoms with E-state index in [9.17, 15) is 0 Å². The number of rotatable bonds is 5. The van der Waals surface area contributed by atoms with Gasteiger partial charge in [0.2, 0.25) is 0 Å². The molecule has 1 saturated carbocycles. The number of hydrogen-bond donors (Lipinski definition) is 0. The Kier molecular flexibility index (Phi) is 27.1. The van der Waals surface area contributed by atoms with E-state index in [1.165, 1.54) is 51.4 Å². The maximum Gasteiger partial charge on any atom is 1.00 e. The molecule has 0 aromatic rings. The molecule has 0 atom stereocenters. The predicted molar refractivity (Wildman–Crippen MR) is 72.4 cm³/mol. The van der Waals surface area contributed by atoms with Gasteiger partial charge in [0.05, 0.1) is 0 Å². The molecule has 0 amide bonds. The molecule has 1 nitrogen and oxygen atoms in total. The molecule has 0 saturated heterocycles. The average Bonchev–Trinajstić information content (AvgIpc) is 2.89. The molecule has 1 aliphatic rings. The fraction of sp³-hybridized carbons (Fsp3) is 0.867. The maximum absolute atomic E-state index is 8.25.